The van der Waals surface area contributed by atoms with Crippen molar-refractivity contribution in [2.45, 2.75) is 32.1 Å². The lowest BCUT2D eigenvalue weighted by atomic mass is 10.0. The van der Waals surface area contributed by atoms with Crippen LogP contribution in [0.3, 0.4) is 0 Å². The van der Waals surface area contributed by atoms with E-state index in [2.05, 4.69) is 9.80 Å². The Bertz CT molecular complexity index is 950. The van der Waals surface area contributed by atoms with E-state index in [-0.39, 0.29) is 5.78 Å². The Morgan fingerprint density at radius 1 is 0.743 bits per heavy atom. The summed E-state index contributed by atoms with van der Waals surface area (Å²) in [5, 5.41) is 0.619. The van der Waals surface area contributed by atoms with Gasteiger partial charge in [-0.25, -0.2) is 0 Å². The average Bonchev–Trinajstić information content (AvgIpc) is 3.43. The zero-order valence-corrected chi connectivity index (χ0v) is 21.2. The predicted molar refractivity (Wildman–Crippen MR) is 139 cm³/mol. The van der Waals surface area contributed by atoms with Crippen LogP contribution in [0.2, 0.25) is 5.02 Å². The van der Waals surface area contributed by atoms with Crippen LogP contribution in [0.4, 0.5) is 0 Å². The average molecular weight is 498 g/mol. The maximum absolute atomic E-state index is 12.5. The van der Waals surface area contributed by atoms with Crippen LogP contribution in [0, 0.1) is 0 Å². The highest BCUT2D eigenvalue weighted by Crippen LogP contribution is 2.18. The molecule has 0 bridgehead atoms. The zero-order chi connectivity index (χ0) is 24.5. The molecular formula is C28H36ClN3O3. The first-order chi connectivity index (χ1) is 17.1. The molecule has 4 rings (SSSR count). The molecular weight excluding hydrogens is 462 g/mol. The molecule has 6 nitrogen and oxygen atoms in total. The summed E-state index contributed by atoms with van der Waals surface area (Å²) in [7, 11) is 0. The standard InChI is InChI=1S/C28H36ClN3O3/c29-25-10-6-23(7-11-25)28(34)24-8-12-26(13-9-24)35-21-5-1-2-14-30-17-19-31(20-18-30)22-27(33)32-15-3-4-16-32/h6-13H,1-5,14-22H2. The number of rotatable bonds is 11. The Kier molecular flexibility index (Phi) is 9.57. The van der Waals surface area contributed by atoms with Crippen molar-refractivity contribution in [2.75, 3.05) is 59.0 Å². The van der Waals surface area contributed by atoms with Crippen LogP contribution in [-0.4, -0.2) is 85.4 Å². The Morgan fingerprint density at radius 2 is 1.34 bits per heavy atom. The number of likely N-dealkylation sites (tertiary alicyclic amines) is 1. The number of ketones is 1. The molecule has 7 heteroatoms. The highest BCUT2D eigenvalue weighted by molar-refractivity contribution is 6.30. The van der Waals surface area contributed by atoms with Crippen molar-refractivity contribution in [3.8, 4) is 5.75 Å². The molecule has 2 saturated heterocycles. The minimum Gasteiger partial charge on any atom is -0.494 e. The number of hydrogen-bond donors (Lipinski definition) is 0. The zero-order valence-electron chi connectivity index (χ0n) is 20.5. The summed E-state index contributed by atoms with van der Waals surface area (Å²) in [5.74, 6) is 1.07. The lowest BCUT2D eigenvalue weighted by molar-refractivity contribution is -0.131. The molecule has 0 aliphatic carbocycles. The van der Waals surface area contributed by atoms with E-state index >= 15 is 0 Å². The monoisotopic (exact) mass is 497 g/mol. The quantitative estimate of drug-likeness (QED) is 0.341. The molecule has 0 saturated carbocycles. The lowest BCUT2D eigenvalue weighted by Crippen LogP contribution is -2.49. The molecule has 0 spiro atoms. The molecule has 2 aromatic carbocycles. The van der Waals surface area contributed by atoms with Crippen molar-refractivity contribution in [3.63, 3.8) is 0 Å². The van der Waals surface area contributed by atoms with E-state index in [9.17, 15) is 9.59 Å². The third-order valence-electron chi connectivity index (χ3n) is 6.89. The third kappa shape index (κ3) is 7.79. The van der Waals surface area contributed by atoms with Crippen molar-refractivity contribution in [1.82, 2.24) is 14.7 Å². The van der Waals surface area contributed by atoms with Crippen molar-refractivity contribution in [3.05, 3.63) is 64.7 Å². The van der Waals surface area contributed by atoms with Gasteiger partial charge in [-0.1, -0.05) is 11.6 Å². The summed E-state index contributed by atoms with van der Waals surface area (Å²) in [6.07, 6.45) is 5.60. The van der Waals surface area contributed by atoms with E-state index in [1.807, 2.05) is 29.2 Å². The Morgan fingerprint density at radius 3 is 2.00 bits per heavy atom. The van der Waals surface area contributed by atoms with Crippen LogP contribution >= 0.6 is 11.6 Å². The summed E-state index contributed by atoms with van der Waals surface area (Å²) >= 11 is 5.90. The maximum Gasteiger partial charge on any atom is 0.236 e. The van der Waals surface area contributed by atoms with E-state index in [0.29, 0.717) is 35.2 Å². The summed E-state index contributed by atoms with van der Waals surface area (Å²) in [6.45, 7) is 8.32. The molecule has 0 atom stereocenters. The Hall–Kier alpha value is -2.41. The predicted octanol–water partition coefficient (Wildman–Crippen LogP) is 4.36. The molecule has 2 aliphatic rings. The second-order valence-corrected chi connectivity index (χ2v) is 9.91. The van der Waals surface area contributed by atoms with E-state index < -0.39 is 0 Å². The van der Waals surface area contributed by atoms with Gasteiger partial charge < -0.3 is 14.5 Å². The summed E-state index contributed by atoms with van der Waals surface area (Å²) in [6, 6.07) is 14.3. The van der Waals surface area contributed by atoms with Gasteiger partial charge in [0.05, 0.1) is 13.2 Å². The Labute approximate surface area is 213 Å². The number of piperazine rings is 1. The van der Waals surface area contributed by atoms with Crippen LogP contribution in [0.25, 0.3) is 0 Å². The number of halogens is 1. The van der Waals surface area contributed by atoms with Gasteiger partial charge in [-0.2, -0.15) is 0 Å². The maximum atomic E-state index is 12.5. The van der Waals surface area contributed by atoms with Crippen LogP contribution in [0.5, 0.6) is 5.75 Å². The molecule has 2 fully saturated rings. The highest BCUT2D eigenvalue weighted by atomic mass is 35.5. The van der Waals surface area contributed by atoms with Crippen molar-refractivity contribution in [2.24, 2.45) is 0 Å². The van der Waals surface area contributed by atoms with Gasteiger partial charge in [0.1, 0.15) is 5.75 Å². The first-order valence-corrected chi connectivity index (χ1v) is 13.2. The normalized spacial score (nSPS) is 17.0. The number of carbonyl (C=O) groups excluding carboxylic acids is 2. The molecule has 2 heterocycles. The van der Waals surface area contributed by atoms with Gasteiger partial charge in [0.25, 0.3) is 0 Å². The minimum atomic E-state index is -0.0211. The van der Waals surface area contributed by atoms with Crippen LogP contribution in [0.15, 0.2) is 48.5 Å². The van der Waals surface area contributed by atoms with E-state index in [4.69, 9.17) is 16.3 Å². The molecule has 0 unspecified atom stereocenters. The largest absolute Gasteiger partial charge is 0.494 e. The summed E-state index contributed by atoms with van der Waals surface area (Å²) in [4.78, 5) is 31.7. The van der Waals surface area contributed by atoms with Gasteiger partial charge in [-0.15, -0.1) is 0 Å². The third-order valence-corrected chi connectivity index (χ3v) is 7.14. The summed E-state index contributed by atoms with van der Waals surface area (Å²) in [5.41, 5.74) is 1.26. The van der Waals surface area contributed by atoms with Crippen molar-refractivity contribution < 1.29 is 14.3 Å². The van der Waals surface area contributed by atoms with Gasteiger partial charge in [0, 0.05) is 55.4 Å². The molecule has 0 aromatic heterocycles. The minimum absolute atomic E-state index is 0.0211. The molecule has 35 heavy (non-hydrogen) atoms. The molecule has 188 valence electrons. The fourth-order valence-corrected chi connectivity index (χ4v) is 4.83. The number of amides is 1. The van der Waals surface area contributed by atoms with Gasteiger partial charge in [0.2, 0.25) is 5.91 Å². The molecule has 2 aromatic rings. The number of nitrogens with zero attached hydrogens (tertiary/aromatic N) is 3. The molecule has 0 N–H and O–H groups in total. The number of unbranched alkanes of at least 4 members (excludes halogenated alkanes) is 2. The van der Waals surface area contributed by atoms with Crippen molar-refractivity contribution >= 4 is 23.3 Å². The molecule has 1 amide bonds. The van der Waals surface area contributed by atoms with E-state index in [1.165, 1.54) is 0 Å². The topological polar surface area (TPSA) is 53.1 Å². The SMILES string of the molecule is O=C(c1ccc(Cl)cc1)c1ccc(OCCCCCN2CCN(CC(=O)N3CCCC3)CC2)cc1. The molecule has 2 aliphatic heterocycles. The summed E-state index contributed by atoms with van der Waals surface area (Å²) < 4.78 is 5.86. The second kappa shape index (κ2) is 13.1. The number of benzene rings is 2. The smallest absolute Gasteiger partial charge is 0.236 e. The first kappa shape index (κ1) is 25.7. The van der Waals surface area contributed by atoms with Crippen LogP contribution < -0.4 is 4.74 Å². The van der Waals surface area contributed by atoms with E-state index in [0.717, 1.165) is 83.7 Å². The van der Waals surface area contributed by atoms with E-state index in [1.54, 1.807) is 24.3 Å². The van der Waals surface area contributed by atoms with Crippen LogP contribution in [0.1, 0.15) is 48.0 Å². The van der Waals surface area contributed by atoms with Gasteiger partial charge in [0.15, 0.2) is 5.78 Å². The van der Waals surface area contributed by atoms with Gasteiger partial charge >= 0.3 is 0 Å². The number of ether oxygens (including phenoxy) is 1. The van der Waals surface area contributed by atoms with Gasteiger partial charge in [-0.3, -0.25) is 14.5 Å². The first-order valence-electron chi connectivity index (χ1n) is 12.8. The Balaban J connectivity index is 1.06. The highest BCUT2D eigenvalue weighted by Gasteiger charge is 2.23. The number of carbonyl (C=O) groups is 2. The fraction of sp³-hybridized carbons (Fsp3) is 0.500. The molecule has 0 radical (unpaired) electrons. The lowest BCUT2D eigenvalue weighted by Gasteiger charge is -2.35. The van der Waals surface area contributed by atoms with Crippen LogP contribution in [-0.2, 0) is 4.79 Å². The second-order valence-electron chi connectivity index (χ2n) is 9.48. The number of hydrogen-bond acceptors (Lipinski definition) is 5. The van der Waals surface area contributed by atoms with Crippen molar-refractivity contribution in [1.29, 1.82) is 0 Å². The van der Waals surface area contributed by atoms with Gasteiger partial charge in [-0.05, 0) is 87.2 Å². The fourth-order valence-electron chi connectivity index (χ4n) is 4.70.